The van der Waals surface area contributed by atoms with Gasteiger partial charge in [0.25, 0.3) is 0 Å². The predicted molar refractivity (Wildman–Crippen MR) is 117 cm³/mol. The van der Waals surface area contributed by atoms with Gasteiger partial charge in [0.2, 0.25) is 5.91 Å². The van der Waals surface area contributed by atoms with E-state index in [4.69, 9.17) is 10.5 Å². The maximum atomic E-state index is 12.5. The van der Waals surface area contributed by atoms with Crippen LogP contribution in [-0.2, 0) is 31.1 Å². The van der Waals surface area contributed by atoms with Gasteiger partial charge in [0, 0.05) is 42.3 Å². The minimum absolute atomic E-state index is 0.158. The lowest BCUT2D eigenvalue weighted by Gasteiger charge is -2.14. The van der Waals surface area contributed by atoms with Crippen molar-refractivity contribution in [3.05, 3.63) is 53.6 Å². The summed E-state index contributed by atoms with van der Waals surface area (Å²) in [6.07, 6.45) is 6.51. The lowest BCUT2D eigenvalue weighted by molar-refractivity contribution is -0.115. The summed E-state index contributed by atoms with van der Waals surface area (Å²) >= 11 is 0. The minimum atomic E-state index is -0.158. The van der Waals surface area contributed by atoms with Gasteiger partial charge >= 0.3 is 0 Å². The number of carbonyl (C=O) groups excluding carboxylic acids is 1. The van der Waals surface area contributed by atoms with Crippen LogP contribution in [0, 0.1) is 0 Å². The van der Waals surface area contributed by atoms with Crippen molar-refractivity contribution < 1.29 is 9.53 Å². The van der Waals surface area contributed by atoms with E-state index < -0.39 is 0 Å². The number of aromatic nitrogens is 5. The Labute approximate surface area is 178 Å². The zero-order valence-electron chi connectivity index (χ0n) is 17.4. The van der Waals surface area contributed by atoms with E-state index in [9.17, 15) is 4.79 Å². The van der Waals surface area contributed by atoms with Crippen molar-refractivity contribution in [3.8, 4) is 11.4 Å². The number of amides is 1. The first kappa shape index (κ1) is 19.1. The summed E-state index contributed by atoms with van der Waals surface area (Å²) in [6.45, 7) is 0. The third kappa shape index (κ3) is 3.27. The van der Waals surface area contributed by atoms with Crippen LogP contribution < -0.4 is 15.8 Å². The molecule has 9 heteroatoms. The highest BCUT2D eigenvalue weighted by atomic mass is 16.5. The van der Waals surface area contributed by atoms with Crippen LogP contribution in [0.15, 0.2) is 36.8 Å². The van der Waals surface area contributed by atoms with Crippen LogP contribution in [0.3, 0.4) is 0 Å². The predicted octanol–water partition coefficient (Wildman–Crippen LogP) is 2.41. The molecule has 0 saturated carbocycles. The van der Waals surface area contributed by atoms with Crippen molar-refractivity contribution >= 4 is 28.6 Å². The van der Waals surface area contributed by atoms with Gasteiger partial charge in [-0.2, -0.15) is 5.10 Å². The number of methoxy groups -OCH3 is 1. The Morgan fingerprint density at radius 2 is 2.13 bits per heavy atom. The van der Waals surface area contributed by atoms with Gasteiger partial charge in [-0.15, -0.1) is 0 Å². The van der Waals surface area contributed by atoms with Crippen LogP contribution in [0.5, 0.6) is 5.75 Å². The van der Waals surface area contributed by atoms with Crippen molar-refractivity contribution in [2.45, 2.75) is 25.7 Å². The average molecular weight is 417 g/mol. The molecular weight excluding hydrogens is 394 g/mol. The van der Waals surface area contributed by atoms with E-state index in [0.717, 1.165) is 41.5 Å². The largest absolute Gasteiger partial charge is 0.496 e. The third-order valence-corrected chi connectivity index (χ3v) is 5.68. The second-order valence-corrected chi connectivity index (χ2v) is 7.67. The highest BCUT2D eigenvalue weighted by Crippen LogP contribution is 2.37. The minimum Gasteiger partial charge on any atom is -0.496 e. The second kappa shape index (κ2) is 7.42. The molecule has 0 atom stereocenters. The van der Waals surface area contributed by atoms with Crippen LogP contribution in [-0.4, -0.2) is 37.3 Å². The number of rotatable bonds is 5. The van der Waals surface area contributed by atoms with Crippen molar-refractivity contribution in [2.75, 3.05) is 18.2 Å². The number of hydrogen-bond acceptors (Lipinski definition) is 6. The number of benzene rings is 1. The van der Waals surface area contributed by atoms with Crippen LogP contribution >= 0.6 is 0 Å². The molecule has 5 rings (SSSR count). The molecule has 0 saturated heterocycles. The van der Waals surface area contributed by atoms with Crippen molar-refractivity contribution in [1.82, 2.24) is 24.3 Å². The molecule has 9 nitrogen and oxygen atoms in total. The number of hydrogen-bond donors (Lipinski definition) is 2. The molecule has 0 aliphatic heterocycles. The summed E-state index contributed by atoms with van der Waals surface area (Å²) in [6, 6.07) is 7.59. The van der Waals surface area contributed by atoms with Gasteiger partial charge in [0.1, 0.15) is 17.6 Å². The second-order valence-electron chi connectivity index (χ2n) is 7.67. The number of anilines is 2. The van der Waals surface area contributed by atoms with Crippen LogP contribution in [0.4, 0.5) is 11.6 Å². The number of ether oxygens (including phenoxy) is 1. The molecule has 1 aliphatic rings. The van der Waals surface area contributed by atoms with E-state index in [1.54, 1.807) is 31.1 Å². The molecule has 3 aromatic heterocycles. The first-order valence-electron chi connectivity index (χ1n) is 10.1. The lowest BCUT2D eigenvalue weighted by Crippen LogP contribution is -2.15. The van der Waals surface area contributed by atoms with Gasteiger partial charge in [-0.1, -0.05) is 6.07 Å². The maximum absolute atomic E-state index is 12.5. The van der Waals surface area contributed by atoms with E-state index in [-0.39, 0.29) is 12.3 Å². The zero-order valence-corrected chi connectivity index (χ0v) is 17.4. The molecule has 1 aromatic carbocycles. The number of carbonyl (C=O) groups is 1. The van der Waals surface area contributed by atoms with Crippen LogP contribution in [0.2, 0.25) is 0 Å². The number of nitrogen functional groups attached to an aromatic ring is 1. The van der Waals surface area contributed by atoms with Gasteiger partial charge in [0.05, 0.1) is 19.0 Å². The fourth-order valence-corrected chi connectivity index (χ4v) is 4.34. The molecular formula is C22H23N7O2. The normalized spacial score (nSPS) is 12.8. The number of nitrogens with one attached hydrogen (secondary N) is 1. The third-order valence-electron chi connectivity index (χ3n) is 5.68. The Kier molecular flexibility index (Phi) is 4.58. The van der Waals surface area contributed by atoms with Gasteiger partial charge in [0.15, 0.2) is 11.6 Å². The molecule has 1 amide bonds. The fourth-order valence-electron chi connectivity index (χ4n) is 4.34. The summed E-state index contributed by atoms with van der Waals surface area (Å²) in [5, 5.41) is 6.99. The molecule has 158 valence electrons. The molecule has 1 aliphatic carbocycles. The molecule has 0 radical (unpaired) electrons. The molecule has 3 N–H and O–H groups in total. The smallest absolute Gasteiger partial charge is 0.230 e. The summed E-state index contributed by atoms with van der Waals surface area (Å²) < 4.78 is 9.40. The Hall–Kier alpha value is -3.88. The number of nitrogens with zero attached hydrogens (tertiary/aromatic N) is 5. The Morgan fingerprint density at radius 1 is 1.26 bits per heavy atom. The van der Waals surface area contributed by atoms with E-state index in [1.807, 2.05) is 18.2 Å². The molecule has 0 spiro atoms. The Morgan fingerprint density at radius 3 is 2.90 bits per heavy atom. The van der Waals surface area contributed by atoms with Crippen molar-refractivity contribution in [1.29, 1.82) is 0 Å². The summed E-state index contributed by atoms with van der Waals surface area (Å²) in [7, 11) is 3.41. The molecule has 3 heterocycles. The maximum Gasteiger partial charge on any atom is 0.230 e. The van der Waals surface area contributed by atoms with E-state index in [0.29, 0.717) is 17.4 Å². The van der Waals surface area contributed by atoms with E-state index >= 15 is 0 Å². The highest BCUT2D eigenvalue weighted by Gasteiger charge is 2.25. The molecule has 4 aromatic rings. The first-order chi connectivity index (χ1) is 15.0. The van der Waals surface area contributed by atoms with Gasteiger partial charge < -0.3 is 20.4 Å². The monoisotopic (exact) mass is 417 g/mol. The topological polar surface area (TPSA) is 113 Å². The number of nitrogens with two attached hydrogens (primary N) is 1. The Bertz CT molecular complexity index is 1300. The SMILES string of the molecule is COc1cc(-n2c3c(c4ncnc(N)c42)CCC3)ccc1CC(=O)Nc1ccn(C)n1. The zero-order chi connectivity index (χ0) is 21.5. The quantitative estimate of drug-likeness (QED) is 0.516. The fraction of sp³-hybridized carbons (Fsp3) is 0.273. The molecule has 0 bridgehead atoms. The van der Waals surface area contributed by atoms with Crippen molar-refractivity contribution in [2.24, 2.45) is 7.05 Å². The summed E-state index contributed by atoms with van der Waals surface area (Å²) in [5.41, 5.74) is 12.1. The Balaban J connectivity index is 1.51. The van der Waals surface area contributed by atoms with Crippen molar-refractivity contribution in [3.63, 3.8) is 0 Å². The van der Waals surface area contributed by atoms with E-state index in [2.05, 4.69) is 25.0 Å². The molecule has 31 heavy (non-hydrogen) atoms. The van der Waals surface area contributed by atoms with Crippen LogP contribution in [0.25, 0.3) is 16.7 Å². The standard InChI is InChI=1S/C22H23N7O2/c1-28-9-8-18(27-28)26-19(30)10-13-6-7-14(11-17(13)31-2)29-16-5-3-4-15(16)20-21(29)22(23)25-12-24-20/h6-9,11-12H,3-5,10H2,1-2H3,(H2,23,24,25)(H,26,27,30). The summed E-state index contributed by atoms with van der Waals surface area (Å²) in [5.74, 6) is 1.46. The first-order valence-corrected chi connectivity index (χ1v) is 10.1. The average Bonchev–Trinajstić information content (AvgIpc) is 3.45. The van der Waals surface area contributed by atoms with E-state index in [1.165, 1.54) is 17.6 Å². The molecule has 0 unspecified atom stereocenters. The summed E-state index contributed by atoms with van der Waals surface area (Å²) in [4.78, 5) is 21.2. The van der Waals surface area contributed by atoms with Crippen LogP contribution in [0.1, 0.15) is 23.2 Å². The molecule has 0 fully saturated rings. The van der Waals surface area contributed by atoms with Gasteiger partial charge in [-0.25, -0.2) is 9.97 Å². The number of fused-ring (bicyclic) bond motifs is 3. The number of aryl methyl sites for hydroxylation is 2. The van der Waals surface area contributed by atoms with Gasteiger partial charge in [-0.3, -0.25) is 9.48 Å². The lowest BCUT2D eigenvalue weighted by atomic mass is 10.1. The highest BCUT2D eigenvalue weighted by molar-refractivity contribution is 5.93. The van der Waals surface area contributed by atoms with Gasteiger partial charge in [-0.05, 0) is 30.9 Å².